The van der Waals surface area contributed by atoms with Gasteiger partial charge in [-0.3, -0.25) is 9.59 Å². The lowest BCUT2D eigenvalue weighted by atomic mass is 10.0. The van der Waals surface area contributed by atoms with Crippen molar-refractivity contribution in [3.63, 3.8) is 0 Å². The molecule has 11 heteroatoms. The van der Waals surface area contributed by atoms with Gasteiger partial charge in [-0.15, -0.1) is 0 Å². The first kappa shape index (κ1) is 27.9. The Morgan fingerprint density at radius 3 is 2.61 bits per heavy atom. The van der Waals surface area contributed by atoms with E-state index in [4.69, 9.17) is 4.74 Å². The fraction of sp³-hybridized carbons (Fsp3) is 0.444. The summed E-state index contributed by atoms with van der Waals surface area (Å²) in [7, 11) is 1.70. The molecule has 2 aromatic rings. The van der Waals surface area contributed by atoms with E-state index in [-0.39, 0.29) is 56.5 Å². The largest absolute Gasteiger partial charge is 0.375 e. The third-order valence-corrected chi connectivity index (χ3v) is 7.39. The Hall–Kier alpha value is -3.15. The normalized spacial score (nSPS) is 20.0. The number of carbonyl (C=O) groups is 3. The van der Waals surface area contributed by atoms with Gasteiger partial charge >= 0.3 is 6.03 Å². The summed E-state index contributed by atoms with van der Waals surface area (Å²) in [5.41, 5.74) is 1.40. The molecule has 0 aromatic heterocycles. The van der Waals surface area contributed by atoms with Crippen molar-refractivity contribution in [1.29, 1.82) is 0 Å². The maximum Gasteiger partial charge on any atom is 0.334 e. The van der Waals surface area contributed by atoms with E-state index in [1.54, 1.807) is 51.8 Å². The standard InChI is InChI=1S/C27H34FN5O4S/c1-30-18-25(34)32-23(12-15-38-2)26(35)31(13-14-37-19-21-10-6-7-11-22(21)28)17-24(32)33(30)27(36)29-16-20-8-4-3-5-9-20/h3-11,23-24H,12-19H2,1-2H3,(H,29,36)/t23-,24-/m0/s1. The van der Waals surface area contributed by atoms with Crippen LogP contribution in [0.1, 0.15) is 17.5 Å². The van der Waals surface area contributed by atoms with Crippen LogP contribution in [0.4, 0.5) is 9.18 Å². The number of hydrogen-bond donors (Lipinski definition) is 1. The van der Waals surface area contributed by atoms with Crippen molar-refractivity contribution >= 4 is 29.6 Å². The lowest BCUT2D eigenvalue weighted by Crippen LogP contribution is -2.76. The molecule has 2 aromatic carbocycles. The van der Waals surface area contributed by atoms with Crippen LogP contribution < -0.4 is 5.32 Å². The number of piperazine rings is 1. The number of thioether (sulfide) groups is 1. The average molecular weight is 544 g/mol. The third-order valence-electron chi connectivity index (χ3n) is 6.75. The number of fused-ring (bicyclic) bond motifs is 1. The summed E-state index contributed by atoms with van der Waals surface area (Å²) >= 11 is 1.60. The number of halogens is 1. The zero-order valence-corrected chi connectivity index (χ0v) is 22.5. The van der Waals surface area contributed by atoms with Crippen LogP contribution in [0, 0.1) is 5.82 Å². The number of nitrogens with one attached hydrogen (secondary N) is 1. The molecule has 2 fully saturated rings. The van der Waals surface area contributed by atoms with Crippen LogP contribution in [-0.4, -0.2) is 95.2 Å². The Morgan fingerprint density at radius 1 is 1.13 bits per heavy atom. The van der Waals surface area contributed by atoms with Gasteiger partial charge in [0.2, 0.25) is 11.8 Å². The minimum absolute atomic E-state index is 0.00402. The number of amides is 4. The molecule has 2 aliphatic heterocycles. The summed E-state index contributed by atoms with van der Waals surface area (Å²) < 4.78 is 19.6. The van der Waals surface area contributed by atoms with Crippen LogP contribution >= 0.6 is 11.8 Å². The number of likely N-dealkylation sites (N-methyl/N-ethyl adjacent to an activating group) is 1. The zero-order chi connectivity index (χ0) is 27.1. The lowest BCUT2D eigenvalue weighted by Gasteiger charge is -2.54. The highest BCUT2D eigenvalue weighted by Crippen LogP contribution is 2.28. The molecule has 0 aliphatic carbocycles. The molecule has 2 heterocycles. The summed E-state index contributed by atoms with van der Waals surface area (Å²) in [5.74, 6) is 0.0164. The number of nitrogens with zero attached hydrogens (tertiary/aromatic N) is 4. The summed E-state index contributed by atoms with van der Waals surface area (Å²) in [4.78, 5) is 43.2. The van der Waals surface area contributed by atoms with Crippen LogP contribution in [0.5, 0.6) is 0 Å². The third kappa shape index (κ3) is 6.46. The van der Waals surface area contributed by atoms with Crippen molar-refractivity contribution in [3.8, 4) is 0 Å². The molecule has 0 bridgehead atoms. The molecule has 4 amide bonds. The number of benzene rings is 2. The number of hydrogen-bond acceptors (Lipinski definition) is 6. The summed E-state index contributed by atoms with van der Waals surface area (Å²) in [6.07, 6.45) is 1.79. The first-order valence-electron chi connectivity index (χ1n) is 12.6. The zero-order valence-electron chi connectivity index (χ0n) is 21.7. The molecule has 0 radical (unpaired) electrons. The fourth-order valence-electron chi connectivity index (χ4n) is 4.84. The number of rotatable bonds is 10. The van der Waals surface area contributed by atoms with Crippen LogP contribution in [-0.2, 0) is 27.5 Å². The summed E-state index contributed by atoms with van der Waals surface area (Å²) in [5, 5.41) is 6.09. The Labute approximate surface area is 226 Å². The van der Waals surface area contributed by atoms with E-state index < -0.39 is 12.2 Å². The number of urea groups is 1. The van der Waals surface area contributed by atoms with Gasteiger partial charge in [-0.1, -0.05) is 48.5 Å². The van der Waals surface area contributed by atoms with E-state index in [1.165, 1.54) is 11.1 Å². The quantitative estimate of drug-likeness (QED) is 0.464. The molecule has 1 N–H and O–H groups in total. The van der Waals surface area contributed by atoms with Crippen LogP contribution in [0.15, 0.2) is 54.6 Å². The van der Waals surface area contributed by atoms with Gasteiger partial charge in [0, 0.05) is 25.7 Å². The fourth-order valence-corrected chi connectivity index (χ4v) is 5.30. The van der Waals surface area contributed by atoms with Crippen LogP contribution in [0.25, 0.3) is 0 Å². The second-order valence-electron chi connectivity index (χ2n) is 9.31. The molecular weight excluding hydrogens is 509 g/mol. The van der Waals surface area contributed by atoms with Crippen molar-refractivity contribution in [1.82, 2.24) is 25.1 Å². The van der Waals surface area contributed by atoms with Gasteiger partial charge in [0.05, 0.1) is 26.3 Å². The summed E-state index contributed by atoms with van der Waals surface area (Å²) in [6, 6.07) is 15.0. The van der Waals surface area contributed by atoms with Crippen LogP contribution in [0.3, 0.4) is 0 Å². The van der Waals surface area contributed by atoms with Crippen LogP contribution in [0.2, 0.25) is 0 Å². The minimum atomic E-state index is -0.668. The molecule has 204 valence electrons. The van der Waals surface area contributed by atoms with Gasteiger partial charge in [0.1, 0.15) is 18.0 Å². The van der Waals surface area contributed by atoms with E-state index in [0.29, 0.717) is 24.3 Å². The van der Waals surface area contributed by atoms with Gasteiger partial charge in [0.25, 0.3) is 0 Å². The van der Waals surface area contributed by atoms with E-state index in [9.17, 15) is 18.8 Å². The lowest BCUT2D eigenvalue weighted by molar-refractivity contribution is -0.187. The van der Waals surface area contributed by atoms with E-state index >= 15 is 0 Å². The smallest absolute Gasteiger partial charge is 0.334 e. The Morgan fingerprint density at radius 2 is 1.87 bits per heavy atom. The second-order valence-corrected chi connectivity index (χ2v) is 10.3. The van der Waals surface area contributed by atoms with E-state index in [0.717, 1.165) is 5.56 Å². The maximum atomic E-state index is 13.9. The molecular formula is C27H34FN5O4S. The molecule has 9 nitrogen and oxygen atoms in total. The first-order valence-corrected chi connectivity index (χ1v) is 14.0. The van der Waals surface area contributed by atoms with Crippen molar-refractivity contribution in [2.24, 2.45) is 0 Å². The van der Waals surface area contributed by atoms with Gasteiger partial charge in [-0.25, -0.2) is 19.2 Å². The molecule has 0 saturated carbocycles. The molecule has 2 saturated heterocycles. The SMILES string of the molecule is CSCC[C@H]1C(=O)N(CCOCc2ccccc2F)C[C@H]2N1C(=O)CN(C)N2C(=O)NCc1ccccc1. The molecule has 2 aliphatic rings. The first-order chi connectivity index (χ1) is 18.4. The molecule has 38 heavy (non-hydrogen) atoms. The highest BCUT2D eigenvalue weighted by molar-refractivity contribution is 7.98. The Kier molecular flexibility index (Phi) is 9.59. The summed E-state index contributed by atoms with van der Waals surface area (Å²) in [6.45, 7) is 1.07. The average Bonchev–Trinajstić information content (AvgIpc) is 2.91. The van der Waals surface area contributed by atoms with Gasteiger partial charge < -0.3 is 19.9 Å². The van der Waals surface area contributed by atoms with Gasteiger partial charge in [0.15, 0.2) is 0 Å². The Balaban J connectivity index is 1.48. The van der Waals surface area contributed by atoms with Crippen molar-refractivity contribution < 1.29 is 23.5 Å². The number of ether oxygens (including phenoxy) is 1. The molecule has 0 spiro atoms. The molecule has 4 rings (SSSR count). The van der Waals surface area contributed by atoms with E-state index in [1.807, 2.05) is 36.6 Å². The van der Waals surface area contributed by atoms with E-state index in [2.05, 4.69) is 5.32 Å². The predicted molar refractivity (Wildman–Crippen MR) is 143 cm³/mol. The second kappa shape index (κ2) is 13.1. The number of carbonyl (C=O) groups excluding carboxylic acids is 3. The highest BCUT2D eigenvalue weighted by Gasteiger charge is 2.50. The highest BCUT2D eigenvalue weighted by atomic mass is 32.2. The molecule has 2 atom stereocenters. The minimum Gasteiger partial charge on any atom is -0.375 e. The predicted octanol–water partition coefficient (Wildman–Crippen LogP) is 2.53. The van der Waals surface area contributed by atoms with Gasteiger partial charge in [-0.05, 0) is 30.1 Å². The molecule has 0 unspecified atom stereocenters. The number of hydrazine groups is 1. The van der Waals surface area contributed by atoms with Crippen molar-refractivity contribution in [2.75, 3.05) is 45.3 Å². The van der Waals surface area contributed by atoms with Gasteiger partial charge in [-0.2, -0.15) is 11.8 Å². The van der Waals surface area contributed by atoms with Crippen molar-refractivity contribution in [3.05, 3.63) is 71.5 Å². The topological polar surface area (TPSA) is 85.4 Å². The Bertz CT molecular complexity index is 1120. The monoisotopic (exact) mass is 543 g/mol. The van der Waals surface area contributed by atoms with Crippen molar-refractivity contribution in [2.45, 2.75) is 31.8 Å². The maximum absolute atomic E-state index is 13.9.